The highest BCUT2D eigenvalue weighted by molar-refractivity contribution is 5.04. The normalized spacial score (nSPS) is 21.2. The van der Waals surface area contributed by atoms with E-state index in [0.29, 0.717) is 5.92 Å². The molecule has 0 saturated heterocycles. The van der Waals surface area contributed by atoms with Gasteiger partial charge in [-0.1, -0.05) is 6.92 Å². The molecule has 0 aromatic heterocycles. The minimum Gasteiger partial charge on any atom is -0.501 e. The summed E-state index contributed by atoms with van der Waals surface area (Å²) >= 11 is 0. The highest BCUT2D eigenvalue weighted by Gasteiger charge is 2.09. The Hall–Kier alpha value is -0.500. The predicted molar refractivity (Wildman–Crippen MR) is 41.5 cm³/mol. The zero-order valence-electron chi connectivity index (χ0n) is 6.47. The summed E-state index contributed by atoms with van der Waals surface area (Å²) in [6, 6.07) is 0. The molecule has 0 aliphatic carbocycles. The molecule has 1 aliphatic rings. The van der Waals surface area contributed by atoms with Crippen molar-refractivity contribution in [1.29, 1.82) is 0 Å². The molecule has 0 fully saturated rings. The summed E-state index contributed by atoms with van der Waals surface area (Å²) in [5.41, 5.74) is 6.88. The molecule has 0 spiro atoms. The second-order valence-corrected chi connectivity index (χ2v) is 2.80. The van der Waals surface area contributed by atoms with E-state index in [0.717, 1.165) is 19.6 Å². The molecule has 0 aromatic carbocycles. The van der Waals surface area contributed by atoms with Crippen molar-refractivity contribution in [3.05, 3.63) is 11.8 Å². The Morgan fingerprint density at radius 1 is 1.80 bits per heavy atom. The first-order chi connectivity index (χ1) is 4.84. The van der Waals surface area contributed by atoms with E-state index in [4.69, 9.17) is 10.5 Å². The number of nitrogens with two attached hydrogens (primary N) is 1. The summed E-state index contributed by atoms with van der Waals surface area (Å²) in [7, 11) is 0. The Labute approximate surface area is 62.1 Å². The van der Waals surface area contributed by atoms with Gasteiger partial charge in [0.1, 0.15) is 0 Å². The number of rotatable bonds is 2. The molecule has 1 heterocycles. The van der Waals surface area contributed by atoms with E-state index >= 15 is 0 Å². The molecule has 2 heteroatoms. The van der Waals surface area contributed by atoms with Gasteiger partial charge in [-0.15, -0.1) is 0 Å². The molecule has 0 bridgehead atoms. The summed E-state index contributed by atoms with van der Waals surface area (Å²) < 4.78 is 5.19. The van der Waals surface area contributed by atoms with Crippen molar-refractivity contribution >= 4 is 0 Å². The summed E-state index contributed by atoms with van der Waals surface area (Å²) in [6.45, 7) is 3.75. The Kier molecular flexibility index (Phi) is 2.75. The molecule has 1 atom stereocenters. The molecule has 0 radical (unpaired) electrons. The third kappa shape index (κ3) is 1.74. The summed E-state index contributed by atoms with van der Waals surface area (Å²) in [5, 5.41) is 0. The van der Waals surface area contributed by atoms with Gasteiger partial charge >= 0.3 is 0 Å². The molecule has 1 aliphatic heterocycles. The van der Waals surface area contributed by atoms with Crippen LogP contribution in [-0.2, 0) is 4.74 Å². The average molecular weight is 141 g/mol. The Morgan fingerprint density at radius 2 is 2.60 bits per heavy atom. The van der Waals surface area contributed by atoms with E-state index in [2.05, 4.69) is 6.92 Å². The summed E-state index contributed by atoms with van der Waals surface area (Å²) in [5.74, 6) is 0.500. The lowest BCUT2D eigenvalue weighted by molar-refractivity contribution is 0.219. The quantitative estimate of drug-likeness (QED) is 0.628. The first kappa shape index (κ1) is 7.61. The van der Waals surface area contributed by atoms with Crippen LogP contribution in [0, 0.1) is 5.92 Å². The molecule has 0 amide bonds. The van der Waals surface area contributed by atoms with Crippen LogP contribution in [0.4, 0.5) is 0 Å². The number of hydrogen-bond acceptors (Lipinski definition) is 2. The molecule has 2 N–H and O–H groups in total. The Morgan fingerprint density at radius 3 is 3.10 bits per heavy atom. The van der Waals surface area contributed by atoms with Crippen molar-refractivity contribution < 1.29 is 4.74 Å². The fourth-order valence-corrected chi connectivity index (χ4v) is 1.10. The van der Waals surface area contributed by atoms with Gasteiger partial charge in [0, 0.05) is 0 Å². The maximum absolute atomic E-state index is 5.51. The molecular formula is C8H15NO. The Balaban J connectivity index is 2.44. The van der Waals surface area contributed by atoms with Gasteiger partial charge in [-0.3, -0.25) is 0 Å². The van der Waals surface area contributed by atoms with Crippen LogP contribution < -0.4 is 5.73 Å². The van der Waals surface area contributed by atoms with E-state index in [1.165, 1.54) is 12.0 Å². The van der Waals surface area contributed by atoms with E-state index in [9.17, 15) is 0 Å². The fourth-order valence-electron chi connectivity index (χ4n) is 1.10. The molecule has 58 valence electrons. The fraction of sp³-hybridized carbons (Fsp3) is 0.750. The van der Waals surface area contributed by atoms with Crippen LogP contribution >= 0.6 is 0 Å². The largest absolute Gasteiger partial charge is 0.501 e. The first-order valence-electron chi connectivity index (χ1n) is 3.85. The van der Waals surface area contributed by atoms with Crippen LogP contribution in [0.2, 0.25) is 0 Å². The van der Waals surface area contributed by atoms with Crippen LogP contribution in [-0.4, -0.2) is 13.2 Å². The lowest BCUT2D eigenvalue weighted by atomic mass is 9.97. The Bertz CT molecular complexity index is 131. The van der Waals surface area contributed by atoms with Gasteiger partial charge in [-0.2, -0.15) is 0 Å². The van der Waals surface area contributed by atoms with Gasteiger partial charge in [0.15, 0.2) is 0 Å². The predicted octanol–water partition coefficient (Wildman–Crippen LogP) is 1.28. The van der Waals surface area contributed by atoms with Crippen molar-refractivity contribution in [2.45, 2.75) is 19.8 Å². The van der Waals surface area contributed by atoms with Crippen molar-refractivity contribution in [3.63, 3.8) is 0 Å². The van der Waals surface area contributed by atoms with Crippen LogP contribution in [0.25, 0.3) is 0 Å². The molecule has 1 rings (SSSR count). The summed E-state index contributed by atoms with van der Waals surface area (Å²) in [6.07, 6.45) is 4.19. The maximum Gasteiger partial charge on any atom is 0.0876 e. The van der Waals surface area contributed by atoms with E-state index in [-0.39, 0.29) is 0 Å². The highest BCUT2D eigenvalue weighted by Crippen LogP contribution is 2.18. The van der Waals surface area contributed by atoms with Gasteiger partial charge in [0.2, 0.25) is 0 Å². The molecular weight excluding hydrogens is 126 g/mol. The van der Waals surface area contributed by atoms with Gasteiger partial charge < -0.3 is 10.5 Å². The number of hydrogen-bond donors (Lipinski definition) is 1. The lowest BCUT2D eigenvalue weighted by Crippen LogP contribution is -2.15. The SMILES string of the molecule is CC(CN)C1=COCCC1. The zero-order chi connectivity index (χ0) is 7.40. The van der Waals surface area contributed by atoms with Crippen molar-refractivity contribution in [3.8, 4) is 0 Å². The second kappa shape index (κ2) is 3.62. The maximum atomic E-state index is 5.51. The van der Waals surface area contributed by atoms with Crippen LogP contribution in [0.5, 0.6) is 0 Å². The average Bonchev–Trinajstić information content (AvgIpc) is 2.05. The van der Waals surface area contributed by atoms with Gasteiger partial charge in [0.05, 0.1) is 12.9 Å². The minimum absolute atomic E-state index is 0.500. The van der Waals surface area contributed by atoms with Gasteiger partial charge in [-0.05, 0) is 30.9 Å². The molecule has 0 aromatic rings. The van der Waals surface area contributed by atoms with E-state index < -0.39 is 0 Å². The second-order valence-electron chi connectivity index (χ2n) is 2.80. The molecule has 0 saturated carbocycles. The monoisotopic (exact) mass is 141 g/mol. The van der Waals surface area contributed by atoms with Crippen molar-refractivity contribution in [2.75, 3.05) is 13.2 Å². The summed E-state index contributed by atoms with van der Waals surface area (Å²) in [4.78, 5) is 0. The topological polar surface area (TPSA) is 35.2 Å². The third-order valence-corrected chi connectivity index (χ3v) is 1.95. The lowest BCUT2D eigenvalue weighted by Gasteiger charge is -2.17. The first-order valence-corrected chi connectivity index (χ1v) is 3.85. The van der Waals surface area contributed by atoms with E-state index in [1.807, 2.05) is 6.26 Å². The number of ether oxygens (including phenoxy) is 1. The van der Waals surface area contributed by atoms with Gasteiger partial charge in [-0.25, -0.2) is 0 Å². The standard InChI is InChI=1S/C8H15NO/c1-7(5-9)8-3-2-4-10-6-8/h6-7H,2-5,9H2,1H3. The van der Waals surface area contributed by atoms with Crippen molar-refractivity contribution in [1.82, 2.24) is 0 Å². The van der Waals surface area contributed by atoms with Gasteiger partial charge in [0.25, 0.3) is 0 Å². The zero-order valence-corrected chi connectivity index (χ0v) is 6.47. The molecule has 2 nitrogen and oxygen atoms in total. The molecule has 1 unspecified atom stereocenters. The van der Waals surface area contributed by atoms with Crippen LogP contribution in [0.3, 0.4) is 0 Å². The highest BCUT2D eigenvalue weighted by atomic mass is 16.5. The van der Waals surface area contributed by atoms with Crippen LogP contribution in [0.15, 0.2) is 11.8 Å². The minimum atomic E-state index is 0.500. The van der Waals surface area contributed by atoms with E-state index in [1.54, 1.807) is 0 Å². The smallest absolute Gasteiger partial charge is 0.0876 e. The third-order valence-electron chi connectivity index (χ3n) is 1.95. The van der Waals surface area contributed by atoms with Crippen molar-refractivity contribution in [2.24, 2.45) is 11.7 Å². The molecule has 10 heavy (non-hydrogen) atoms. The van der Waals surface area contributed by atoms with Crippen LogP contribution in [0.1, 0.15) is 19.8 Å².